The lowest BCUT2D eigenvalue weighted by Gasteiger charge is -2.36. The average molecular weight is 434 g/mol. The summed E-state index contributed by atoms with van der Waals surface area (Å²) >= 11 is 0. The molecule has 0 aliphatic carbocycles. The molecule has 8 heteroatoms. The Morgan fingerprint density at radius 2 is 1.77 bits per heavy atom. The van der Waals surface area contributed by atoms with Crippen molar-refractivity contribution in [2.45, 2.75) is 44.6 Å². The fourth-order valence-electron chi connectivity index (χ4n) is 3.86. The summed E-state index contributed by atoms with van der Waals surface area (Å²) in [5.41, 5.74) is 2.15. The Balaban J connectivity index is 2.12. The van der Waals surface area contributed by atoms with Gasteiger partial charge in [0, 0.05) is 6.54 Å². The number of hydrogen-bond donors (Lipinski definition) is 1. The van der Waals surface area contributed by atoms with E-state index in [4.69, 9.17) is 9.47 Å². The lowest BCUT2D eigenvalue weighted by molar-refractivity contribution is -0.138. The number of aryl methyl sites for hydroxylation is 1. The van der Waals surface area contributed by atoms with Gasteiger partial charge in [-0.3, -0.25) is 4.79 Å². The number of fused-ring (bicyclic) bond motifs is 1. The van der Waals surface area contributed by atoms with Crippen LogP contribution in [0.1, 0.15) is 43.0 Å². The van der Waals surface area contributed by atoms with Crippen molar-refractivity contribution in [2.24, 2.45) is 0 Å². The highest BCUT2D eigenvalue weighted by atomic mass is 32.2. The number of aliphatic carboxylic acids is 1. The molecule has 1 aliphatic rings. The number of carboxylic acid groups (broad SMARTS) is 1. The first-order valence-electron chi connectivity index (χ1n) is 10.0. The second-order valence-corrected chi connectivity index (χ2v) is 8.97. The molecule has 1 N–H and O–H groups in total. The van der Waals surface area contributed by atoms with E-state index in [1.54, 1.807) is 37.3 Å². The fourth-order valence-corrected chi connectivity index (χ4v) is 5.69. The van der Waals surface area contributed by atoms with Gasteiger partial charge in [0.25, 0.3) is 0 Å². The number of rotatable bonds is 8. The van der Waals surface area contributed by atoms with E-state index in [1.807, 2.05) is 19.9 Å². The predicted molar refractivity (Wildman–Crippen MR) is 113 cm³/mol. The monoisotopic (exact) mass is 433 g/mol. The molecule has 0 spiro atoms. The van der Waals surface area contributed by atoms with Gasteiger partial charge >= 0.3 is 5.97 Å². The Labute approximate surface area is 177 Å². The minimum absolute atomic E-state index is 0.194. The molecule has 1 heterocycles. The highest BCUT2D eigenvalue weighted by Gasteiger charge is 2.39. The summed E-state index contributed by atoms with van der Waals surface area (Å²) in [6.45, 7) is 6.52. The molecule has 2 aromatic carbocycles. The number of carbonyl (C=O) groups is 1. The van der Waals surface area contributed by atoms with Gasteiger partial charge in [-0.2, -0.15) is 4.31 Å². The van der Waals surface area contributed by atoms with Crippen LogP contribution in [0.2, 0.25) is 0 Å². The Hall–Kier alpha value is -2.58. The van der Waals surface area contributed by atoms with Crippen molar-refractivity contribution < 1.29 is 27.8 Å². The molecule has 1 atom stereocenters. The molecular weight excluding hydrogens is 406 g/mol. The van der Waals surface area contributed by atoms with Gasteiger partial charge in [0.1, 0.15) is 0 Å². The van der Waals surface area contributed by atoms with Crippen LogP contribution < -0.4 is 9.47 Å². The molecule has 0 radical (unpaired) electrons. The van der Waals surface area contributed by atoms with Gasteiger partial charge < -0.3 is 14.6 Å². The molecule has 2 aromatic rings. The molecule has 30 heavy (non-hydrogen) atoms. The Morgan fingerprint density at radius 3 is 2.37 bits per heavy atom. The normalized spacial score (nSPS) is 16.7. The zero-order valence-electron chi connectivity index (χ0n) is 17.4. The summed E-state index contributed by atoms with van der Waals surface area (Å²) in [4.78, 5) is 11.9. The predicted octanol–water partition coefficient (Wildman–Crippen LogP) is 3.56. The van der Waals surface area contributed by atoms with Crippen LogP contribution in [-0.4, -0.2) is 43.6 Å². The molecule has 7 nitrogen and oxygen atoms in total. The Kier molecular flexibility index (Phi) is 6.67. The van der Waals surface area contributed by atoms with E-state index in [0.717, 1.165) is 5.56 Å². The maximum atomic E-state index is 13.5. The number of hydrogen-bond acceptors (Lipinski definition) is 5. The van der Waals surface area contributed by atoms with Gasteiger partial charge in [-0.05, 0) is 62.1 Å². The van der Waals surface area contributed by atoms with Crippen LogP contribution in [0, 0.1) is 6.92 Å². The van der Waals surface area contributed by atoms with Crippen molar-refractivity contribution in [1.82, 2.24) is 4.31 Å². The Bertz CT molecular complexity index is 1030. The minimum Gasteiger partial charge on any atom is -0.490 e. The molecule has 3 rings (SSSR count). The van der Waals surface area contributed by atoms with Crippen molar-refractivity contribution in [3.8, 4) is 11.5 Å². The number of nitrogens with zero attached hydrogens (tertiary/aromatic N) is 1. The van der Waals surface area contributed by atoms with Gasteiger partial charge in [0.2, 0.25) is 10.0 Å². The van der Waals surface area contributed by atoms with Crippen molar-refractivity contribution in [1.29, 1.82) is 0 Å². The third-order valence-corrected chi connectivity index (χ3v) is 7.23. The first kappa shape index (κ1) is 22.1. The highest BCUT2D eigenvalue weighted by Crippen LogP contribution is 2.42. The van der Waals surface area contributed by atoms with Gasteiger partial charge in [-0.15, -0.1) is 0 Å². The summed E-state index contributed by atoms with van der Waals surface area (Å²) in [6.07, 6.45) is 0.126. The smallest absolute Gasteiger partial charge is 0.305 e. The van der Waals surface area contributed by atoms with E-state index >= 15 is 0 Å². The van der Waals surface area contributed by atoms with Crippen LogP contribution >= 0.6 is 0 Å². The molecule has 0 aromatic heterocycles. The maximum Gasteiger partial charge on any atom is 0.305 e. The number of ether oxygens (including phenoxy) is 2. The van der Waals surface area contributed by atoms with E-state index in [0.29, 0.717) is 42.3 Å². The fraction of sp³-hybridized carbons (Fsp3) is 0.409. The largest absolute Gasteiger partial charge is 0.490 e. The number of sulfonamides is 1. The van der Waals surface area contributed by atoms with Gasteiger partial charge in [0.05, 0.1) is 30.6 Å². The van der Waals surface area contributed by atoms with Crippen LogP contribution in [0.25, 0.3) is 0 Å². The third-order valence-electron chi connectivity index (χ3n) is 5.16. The van der Waals surface area contributed by atoms with E-state index in [-0.39, 0.29) is 17.9 Å². The Morgan fingerprint density at radius 1 is 1.13 bits per heavy atom. The first-order chi connectivity index (χ1) is 14.3. The summed E-state index contributed by atoms with van der Waals surface area (Å²) in [7, 11) is -3.88. The SMILES string of the molecule is CCOc1cc2c(cc1OCC)C(CC(=O)O)N(S(=O)(=O)c1ccccc1C)CC2. The average Bonchev–Trinajstić information content (AvgIpc) is 2.69. The zero-order valence-corrected chi connectivity index (χ0v) is 18.2. The summed E-state index contributed by atoms with van der Waals surface area (Å²) < 4.78 is 39.6. The summed E-state index contributed by atoms with van der Waals surface area (Å²) in [5.74, 6) is 0.00990. The van der Waals surface area contributed by atoms with Crippen LogP contribution in [0.4, 0.5) is 0 Å². The molecule has 1 aliphatic heterocycles. The summed E-state index contributed by atoms with van der Waals surface area (Å²) in [5, 5.41) is 9.53. The lowest BCUT2D eigenvalue weighted by atomic mass is 9.91. The molecule has 0 saturated carbocycles. The maximum absolute atomic E-state index is 13.5. The second kappa shape index (κ2) is 9.06. The first-order valence-corrected chi connectivity index (χ1v) is 11.4. The molecule has 1 unspecified atom stereocenters. The second-order valence-electron chi connectivity index (χ2n) is 7.11. The topological polar surface area (TPSA) is 93.1 Å². The van der Waals surface area contributed by atoms with Crippen molar-refractivity contribution in [2.75, 3.05) is 19.8 Å². The van der Waals surface area contributed by atoms with E-state index < -0.39 is 22.0 Å². The zero-order chi connectivity index (χ0) is 21.9. The standard InChI is InChI=1S/C22H27NO6S/c1-4-28-19-12-16-10-11-23(30(26,27)21-9-7-6-8-15(21)3)18(14-22(24)25)17(16)13-20(19)29-5-2/h6-9,12-13,18H,4-5,10-11,14H2,1-3H3,(H,24,25). The molecule has 162 valence electrons. The lowest BCUT2D eigenvalue weighted by Crippen LogP contribution is -2.41. The van der Waals surface area contributed by atoms with E-state index in [1.165, 1.54) is 4.31 Å². The minimum atomic E-state index is -3.88. The quantitative estimate of drug-likeness (QED) is 0.684. The van der Waals surface area contributed by atoms with Gasteiger partial charge in [-0.25, -0.2) is 8.42 Å². The van der Waals surface area contributed by atoms with Crippen LogP contribution in [0.3, 0.4) is 0 Å². The number of benzene rings is 2. The third kappa shape index (κ3) is 4.29. The van der Waals surface area contributed by atoms with Crippen molar-refractivity contribution >= 4 is 16.0 Å². The van der Waals surface area contributed by atoms with Crippen LogP contribution in [0.5, 0.6) is 11.5 Å². The van der Waals surface area contributed by atoms with Gasteiger partial charge in [-0.1, -0.05) is 18.2 Å². The van der Waals surface area contributed by atoms with Gasteiger partial charge in [0.15, 0.2) is 11.5 Å². The molecule has 0 amide bonds. The molecular formula is C22H27NO6S. The molecule has 0 saturated heterocycles. The van der Waals surface area contributed by atoms with E-state index in [9.17, 15) is 18.3 Å². The summed E-state index contributed by atoms with van der Waals surface area (Å²) in [6, 6.07) is 9.49. The van der Waals surface area contributed by atoms with Crippen molar-refractivity contribution in [3.05, 3.63) is 53.1 Å². The van der Waals surface area contributed by atoms with Crippen LogP contribution in [-0.2, 0) is 21.2 Å². The highest BCUT2D eigenvalue weighted by molar-refractivity contribution is 7.89. The molecule has 0 bridgehead atoms. The number of carboxylic acids is 1. The van der Waals surface area contributed by atoms with Crippen LogP contribution in [0.15, 0.2) is 41.3 Å². The molecule has 0 fully saturated rings. The van der Waals surface area contributed by atoms with E-state index in [2.05, 4.69) is 0 Å². The van der Waals surface area contributed by atoms with Crippen molar-refractivity contribution in [3.63, 3.8) is 0 Å².